The number of carbonyl (C=O) groups excluding carboxylic acids is 1. The summed E-state index contributed by atoms with van der Waals surface area (Å²) in [6.45, 7) is 6.19. The predicted octanol–water partition coefficient (Wildman–Crippen LogP) is 4.44. The van der Waals surface area contributed by atoms with E-state index >= 15 is 0 Å². The fourth-order valence-corrected chi connectivity index (χ4v) is 2.12. The van der Waals surface area contributed by atoms with Gasteiger partial charge in [0.15, 0.2) is 0 Å². The molecule has 4 nitrogen and oxygen atoms in total. The van der Waals surface area contributed by atoms with Gasteiger partial charge in [0.1, 0.15) is 12.4 Å². The van der Waals surface area contributed by atoms with Crippen molar-refractivity contribution in [2.45, 2.75) is 32.8 Å². The molecule has 2 rings (SSSR count). The third-order valence-corrected chi connectivity index (χ3v) is 3.29. The molecule has 0 aliphatic carbocycles. The van der Waals surface area contributed by atoms with Crippen LogP contribution in [0.25, 0.3) is 0 Å². The SMILES string of the molecule is CC(C)(C)c1cccc(NC(=O)OCc2ccccc2)c1O. The summed E-state index contributed by atoms with van der Waals surface area (Å²) in [6, 6.07) is 14.7. The molecule has 0 aromatic heterocycles. The molecule has 2 aromatic carbocycles. The monoisotopic (exact) mass is 299 g/mol. The minimum Gasteiger partial charge on any atom is -0.505 e. The average Bonchev–Trinajstić information content (AvgIpc) is 2.47. The highest BCUT2D eigenvalue weighted by atomic mass is 16.5. The molecule has 0 spiro atoms. The number of carbonyl (C=O) groups is 1. The van der Waals surface area contributed by atoms with Crippen LogP contribution in [0.4, 0.5) is 10.5 Å². The quantitative estimate of drug-likeness (QED) is 0.824. The molecule has 2 N–H and O–H groups in total. The Balaban J connectivity index is 2.03. The van der Waals surface area contributed by atoms with Crippen LogP contribution in [-0.2, 0) is 16.8 Å². The maximum atomic E-state index is 11.9. The lowest BCUT2D eigenvalue weighted by Crippen LogP contribution is -2.16. The zero-order valence-electron chi connectivity index (χ0n) is 13.1. The third kappa shape index (κ3) is 4.01. The molecule has 0 saturated heterocycles. The van der Waals surface area contributed by atoms with E-state index in [0.29, 0.717) is 5.69 Å². The van der Waals surface area contributed by atoms with Crippen LogP contribution in [0, 0.1) is 0 Å². The number of para-hydroxylation sites is 1. The topological polar surface area (TPSA) is 58.6 Å². The number of amides is 1. The average molecular weight is 299 g/mol. The number of aromatic hydroxyl groups is 1. The molecule has 2 aromatic rings. The number of phenols is 1. The zero-order chi connectivity index (χ0) is 16.2. The fraction of sp³-hybridized carbons (Fsp3) is 0.278. The van der Waals surface area contributed by atoms with Crippen LogP contribution < -0.4 is 5.32 Å². The van der Waals surface area contributed by atoms with Crippen LogP contribution in [0.5, 0.6) is 5.75 Å². The van der Waals surface area contributed by atoms with Crippen molar-refractivity contribution in [2.75, 3.05) is 5.32 Å². The molecule has 0 saturated carbocycles. The molecule has 0 heterocycles. The van der Waals surface area contributed by atoms with Gasteiger partial charge in [-0.05, 0) is 17.0 Å². The summed E-state index contributed by atoms with van der Waals surface area (Å²) in [5, 5.41) is 12.9. The van der Waals surface area contributed by atoms with Crippen LogP contribution in [0.2, 0.25) is 0 Å². The minimum absolute atomic E-state index is 0.0756. The van der Waals surface area contributed by atoms with E-state index in [-0.39, 0.29) is 17.8 Å². The highest BCUT2D eigenvalue weighted by Gasteiger charge is 2.20. The van der Waals surface area contributed by atoms with Crippen LogP contribution in [0.1, 0.15) is 31.9 Å². The van der Waals surface area contributed by atoms with E-state index in [1.54, 1.807) is 12.1 Å². The molecule has 1 amide bonds. The number of benzene rings is 2. The molecular weight excluding hydrogens is 278 g/mol. The summed E-state index contributed by atoms with van der Waals surface area (Å²) >= 11 is 0. The van der Waals surface area contributed by atoms with Crippen LogP contribution in [0.15, 0.2) is 48.5 Å². The van der Waals surface area contributed by atoms with Gasteiger partial charge < -0.3 is 9.84 Å². The van der Waals surface area contributed by atoms with Crippen LogP contribution in [-0.4, -0.2) is 11.2 Å². The van der Waals surface area contributed by atoms with Gasteiger partial charge in [-0.1, -0.05) is 63.2 Å². The largest absolute Gasteiger partial charge is 0.505 e. The minimum atomic E-state index is -0.592. The Morgan fingerprint density at radius 3 is 2.41 bits per heavy atom. The lowest BCUT2D eigenvalue weighted by atomic mass is 9.86. The van der Waals surface area contributed by atoms with Crippen LogP contribution >= 0.6 is 0 Å². The summed E-state index contributed by atoms with van der Waals surface area (Å²) in [5.74, 6) is 0.0756. The lowest BCUT2D eigenvalue weighted by molar-refractivity contribution is 0.155. The number of nitrogens with one attached hydrogen (secondary N) is 1. The number of phenolic OH excluding ortho intramolecular Hbond substituents is 1. The molecular formula is C18H21NO3. The Labute approximate surface area is 130 Å². The van der Waals surface area contributed by atoms with E-state index < -0.39 is 6.09 Å². The van der Waals surface area contributed by atoms with Crippen molar-refractivity contribution >= 4 is 11.8 Å². The molecule has 0 unspecified atom stereocenters. The molecule has 0 atom stereocenters. The van der Waals surface area contributed by atoms with Crippen molar-refractivity contribution in [1.29, 1.82) is 0 Å². The second kappa shape index (κ2) is 6.52. The molecule has 0 radical (unpaired) electrons. The first-order valence-electron chi connectivity index (χ1n) is 7.18. The number of hydrogen-bond donors (Lipinski definition) is 2. The number of rotatable bonds is 3. The van der Waals surface area contributed by atoms with Crippen molar-refractivity contribution in [2.24, 2.45) is 0 Å². The second-order valence-electron chi connectivity index (χ2n) is 6.14. The first-order chi connectivity index (χ1) is 10.4. The number of hydrogen-bond acceptors (Lipinski definition) is 3. The summed E-state index contributed by atoms with van der Waals surface area (Å²) < 4.78 is 5.15. The molecule has 22 heavy (non-hydrogen) atoms. The zero-order valence-corrected chi connectivity index (χ0v) is 13.1. The second-order valence-corrected chi connectivity index (χ2v) is 6.14. The van der Waals surface area contributed by atoms with E-state index in [4.69, 9.17) is 4.74 Å². The van der Waals surface area contributed by atoms with Gasteiger partial charge in [-0.25, -0.2) is 4.79 Å². The van der Waals surface area contributed by atoms with Crippen molar-refractivity contribution in [1.82, 2.24) is 0 Å². The van der Waals surface area contributed by atoms with Gasteiger partial charge in [0.05, 0.1) is 5.69 Å². The summed E-state index contributed by atoms with van der Waals surface area (Å²) in [7, 11) is 0. The predicted molar refractivity (Wildman–Crippen MR) is 87.1 cm³/mol. The van der Waals surface area contributed by atoms with Crippen molar-refractivity contribution in [3.05, 3.63) is 59.7 Å². The van der Waals surface area contributed by atoms with E-state index in [9.17, 15) is 9.90 Å². The Morgan fingerprint density at radius 1 is 1.09 bits per heavy atom. The number of ether oxygens (including phenoxy) is 1. The van der Waals surface area contributed by atoms with Crippen molar-refractivity contribution in [3.63, 3.8) is 0 Å². The van der Waals surface area contributed by atoms with E-state index in [1.807, 2.05) is 57.2 Å². The Morgan fingerprint density at radius 2 is 1.77 bits per heavy atom. The van der Waals surface area contributed by atoms with Gasteiger partial charge in [0, 0.05) is 5.56 Å². The summed E-state index contributed by atoms with van der Waals surface area (Å²) in [6.07, 6.45) is -0.592. The highest BCUT2D eigenvalue weighted by molar-refractivity contribution is 5.87. The Hall–Kier alpha value is -2.49. The lowest BCUT2D eigenvalue weighted by Gasteiger charge is -2.21. The maximum Gasteiger partial charge on any atom is 0.412 e. The van der Waals surface area contributed by atoms with Crippen LogP contribution in [0.3, 0.4) is 0 Å². The molecule has 4 heteroatoms. The van der Waals surface area contributed by atoms with Gasteiger partial charge in [-0.2, -0.15) is 0 Å². The first-order valence-corrected chi connectivity index (χ1v) is 7.18. The standard InChI is InChI=1S/C18H21NO3/c1-18(2,3)14-10-7-11-15(16(14)20)19-17(21)22-12-13-8-5-4-6-9-13/h4-11,20H,12H2,1-3H3,(H,19,21). The number of anilines is 1. The normalized spacial score (nSPS) is 11.0. The highest BCUT2D eigenvalue weighted by Crippen LogP contribution is 2.35. The van der Waals surface area contributed by atoms with Crippen molar-refractivity contribution < 1.29 is 14.6 Å². The van der Waals surface area contributed by atoms with Gasteiger partial charge in [0.2, 0.25) is 0 Å². The summed E-state index contributed by atoms with van der Waals surface area (Å²) in [4.78, 5) is 11.9. The Bertz CT molecular complexity index is 645. The Kier molecular flexibility index (Phi) is 4.71. The summed E-state index contributed by atoms with van der Waals surface area (Å²) in [5.41, 5.74) is 1.82. The molecule has 0 aliphatic heterocycles. The van der Waals surface area contributed by atoms with Gasteiger partial charge in [0.25, 0.3) is 0 Å². The van der Waals surface area contributed by atoms with Gasteiger partial charge in [-0.3, -0.25) is 5.32 Å². The van der Waals surface area contributed by atoms with Gasteiger partial charge >= 0.3 is 6.09 Å². The molecule has 0 aliphatic rings. The van der Waals surface area contributed by atoms with Gasteiger partial charge in [-0.15, -0.1) is 0 Å². The fourth-order valence-electron chi connectivity index (χ4n) is 2.12. The molecule has 0 fully saturated rings. The van der Waals surface area contributed by atoms with E-state index in [2.05, 4.69) is 5.32 Å². The first kappa shape index (κ1) is 15.9. The van der Waals surface area contributed by atoms with E-state index in [1.165, 1.54) is 0 Å². The smallest absolute Gasteiger partial charge is 0.412 e. The molecule has 0 bridgehead atoms. The molecule has 116 valence electrons. The maximum absolute atomic E-state index is 11.9. The van der Waals surface area contributed by atoms with Crippen molar-refractivity contribution in [3.8, 4) is 5.75 Å². The third-order valence-electron chi connectivity index (χ3n) is 3.29. The van der Waals surface area contributed by atoms with E-state index in [0.717, 1.165) is 11.1 Å².